The molecule has 0 amide bonds. The monoisotopic (exact) mass is 218 g/mol. The van der Waals surface area contributed by atoms with E-state index >= 15 is 0 Å². The van der Waals surface area contributed by atoms with Crippen molar-refractivity contribution >= 4 is 10.9 Å². The van der Waals surface area contributed by atoms with Crippen LogP contribution in [0.3, 0.4) is 0 Å². The van der Waals surface area contributed by atoms with Crippen LogP contribution >= 0.6 is 0 Å². The second-order valence-electron chi connectivity index (χ2n) is 2.74. The highest BCUT2D eigenvalue weighted by atomic mass is 15.1. The van der Waals surface area contributed by atoms with Crippen molar-refractivity contribution in [3.05, 3.63) is 36.0 Å². The van der Waals surface area contributed by atoms with Gasteiger partial charge in [-0.05, 0) is 18.1 Å². The first-order valence-corrected chi connectivity index (χ1v) is 6.11. The van der Waals surface area contributed by atoms with Crippen molar-refractivity contribution < 1.29 is 0 Å². The molecule has 16 heavy (non-hydrogen) atoms. The fraction of sp³-hybridized carbons (Fsp3) is 0.429. The molecule has 0 aliphatic heterocycles. The van der Waals surface area contributed by atoms with Crippen LogP contribution in [-0.4, -0.2) is 10.2 Å². The van der Waals surface area contributed by atoms with Crippen LogP contribution in [0.1, 0.15) is 40.2 Å². The molecule has 0 N–H and O–H groups in total. The van der Waals surface area contributed by atoms with Crippen molar-refractivity contribution in [3.8, 4) is 0 Å². The second kappa shape index (κ2) is 8.84. The Kier molecular flexibility index (Phi) is 8.04. The van der Waals surface area contributed by atoms with E-state index in [9.17, 15) is 0 Å². The Morgan fingerprint density at radius 3 is 2.25 bits per heavy atom. The summed E-state index contributed by atoms with van der Waals surface area (Å²) in [6.07, 6.45) is 2.85. The average molecular weight is 218 g/mol. The third-order valence-corrected chi connectivity index (χ3v) is 2.01. The minimum atomic E-state index is 0.983. The number of fused-ring (bicyclic) bond motifs is 1. The molecule has 2 rings (SSSR count). The topological polar surface area (TPSA) is 25.8 Å². The summed E-state index contributed by atoms with van der Waals surface area (Å²) >= 11 is 0. The molecule has 1 heterocycles. The Labute approximate surface area is 98.7 Å². The van der Waals surface area contributed by atoms with Crippen molar-refractivity contribution in [2.75, 3.05) is 0 Å². The largest absolute Gasteiger partial charge is 0.158 e. The van der Waals surface area contributed by atoms with Gasteiger partial charge in [0, 0.05) is 5.39 Å². The molecule has 2 aromatic rings. The minimum absolute atomic E-state index is 0.983. The normalized spacial score (nSPS) is 8.56. The van der Waals surface area contributed by atoms with E-state index in [1.54, 1.807) is 0 Å². The summed E-state index contributed by atoms with van der Waals surface area (Å²) < 4.78 is 0. The quantitative estimate of drug-likeness (QED) is 0.715. The van der Waals surface area contributed by atoms with Crippen molar-refractivity contribution in [1.29, 1.82) is 0 Å². The molecule has 1 aromatic carbocycles. The van der Waals surface area contributed by atoms with E-state index < -0.39 is 0 Å². The van der Waals surface area contributed by atoms with Gasteiger partial charge in [-0.3, -0.25) is 0 Å². The van der Waals surface area contributed by atoms with Crippen LogP contribution in [0.25, 0.3) is 10.9 Å². The molecule has 0 aliphatic rings. The molecule has 2 nitrogen and oxygen atoms in total. The molecule has 0 saturated carbocycles. The molecule has 1 aromatic heterocycles. The van der Waals surface area contributed by atoms with Gasteiger partial charge in [0.25, 0.3) is 0 Å². The van der Waals surface area contributed by atoms with Gasteiger partial charge in [0.2, 0.25) is 0 Å². The van der Waals surface area contributed by atoms with Crippen LogP contribution in [0, 0.1) is 0 Å². The molecule has 0 fully saturated rings. The SMILES string of the molecule is CC.CC.CCc1cnnc2ccccc12. The summed E-state index contributed by atoms with van der Waals surface area (Å²) in [5.41, 5.74) is 2.25. The van der Waals surface area contributed by atoms with Gasteiger partial charge in [-0.1, -0.05) is 52.8 Å². The van der Waals surface area contributed by atoms with Crippen molar-refractivity contribution in [1.82, 2.24) is 10.2 Å². The maximum absolute atomic E-state index is 4.04. The third kappa shape index (κ3) is 3.61. The number of hydrogen-bond donors (Lipinski definition) is 0. The van der Waals surface area contributed by atoms with Gasteiger partial charge in [-0.2, -0.15) is 10.2 Å². The lowest BCUT2D eigenvalue weighted by Gasteiger charge is -2.00. The van der Waals surface area contributed by atoms with Gasteiger partial charge in [0.15, 0.2) is 0 Å². The summed E-state index contributed by atoms with van der Waals surface area (Å²) in [6.45, 7) is 10.1. The fourth-order valence-corrected chi connectivity index (χ4v) is 1.34. The number of aryl methyl sites for hydroxylation is 1. The van der Waals surface area contributed by atoms with Crippen LogP contribution in [0.2, 0.25) is 0 Å². The van der Waals surface area contributed by atoms with Gasteiger partial charge in [-0.15, -0.1) is 0 Å². The fourth-order valence-electron chi connectivity index (χ4n) is 1.34. The first-order valence-electron chi connectivity index (χ1n) is 6.11. The lowest BCUT2D eigenvalue weighted by molar-refractivity contribution is 1.03. The highest BCUT2D eigenvalue weighted by Gasteiger charge is 1.98. The van der Waals surface area contributed by atoms with E-state index in [2.05, 4.69) is 23.2 Å². The van der Waals surface area contributed by atoms with Crippen molar-refractivity contribution in [2.24, 2.45) is 0 Å². The molecule has 2 heteroatoms. The molecule has 0 unspecified atom stereocenters. The highest BCUT2D eigenvalue weighted by molar-refractivity contribution is 5.81. The zero-order valence-corrected chi connectivity index (χ0v) is 11.0. The number of benzene rings is 1. The summed E-state index contributed by atoms with van der Waals surface area (Å²) in [4.78, 5) is 0. The Hall–Kier alpha value is -1.44. The lowest BCUT2D eigenvalue weighted by Crippen LogP contribution is -1.89. The molecule has 0 atom stereocenters. The number of nitrogens with zero attached hydrogens (tertiary/aromatic N) is 2. The summed E-state index contributed by atoms with van der Waals surface area (Å²) in [7, 11) is 0. The molecule has 0 bridgehead atoms. The summed E-state index contributed by atoms with van der Waals surface area (Å²) in [5, 5.41) is 9.19. The maximum atomic E-state index is 4.04. The molecule has 0 radical (unpaired) electrons. The minimum Gasteiger partial charge on any atom is -0.158 e. The van der Waals surface area contributed by atoms with Crippen LogP contribution in [-0.2, 0) is 6.42 Å². The van der Waals surface area contributed by atoms with Gasteiger partial charge >= 0.3 is 0 Å². The number of rotatable bonds is 1. The highest BCUT2D eigenvalue weighted by Crippen LogP contribution is 2.14. The van der Waals surface area contributed by atoms with Gasteiger partial charge in [-0.25, -0.2) is 0 Å². The second-order valence-corrected chi connectivity index (χ2v) is 2.74. The molecule has 88 valence electrons. The van der Waals surface area contributed by atoms with Crippen LogP contribution in [0.15, 0.2) is 30.5 Å². The van der Waals surface area contributed by atoms with E-state index in [4.69, 9.17) is 0 Å². The Morgan fingerprint density at radius 2 is 1.62 bits per heavy atom. The van der Waals surface area contributed by atoms with Crippen LogP contribution < -0.4 is 0 Å². The Bertz CT molecular complexity index is 391. The van der Waals surface area contributed by atoms with Crippen molar-refractivity contribution in [3.63, 3.8) is 0 Å². The molecule has 0 spiro atoms. The molecule has 0 aliphatic carbocycles. The predicted molar refractivity (Wildman–Crippen MR) is 71.6 cm³/mol. The molecular formula is C14H22N2. The maximum Gasteiger partial charge on any atom is 0.0932 e. The Morgan fingerprint density at radius 1 is 1.00 bits per heavy atom. The smallest absolute Gasteiger partial charge is 0.0932 e. The predicted octanol–water partition coefficient (Wildman–Crippen LogP) is 4.24. The van der Waals surface area contributed by atoms with E-state index in [0.717, 1.165) is 11.9 Å². The van der Waals surface area contributed by atoms with Crippen molar-refractivity contribution in [2.45, 2.75) is 41.0 Å². The average Bonchev–Trinajstić information content (AvgIpc) is 2.42. The van der Waals surface area contributed by atoms with Crippen LogP contribution in [0.4, 0.5) is 0 Å². The van der Waals surface area contributed by atoms with Gasteiger partial charge in [0.05, 0.1) is 11.7 Å². The zero-order chi connectivity index (χ0) is 12.4. The summed E-state index contributed by atoms with van der Waals surface area (Å²) in [6, 6.07) is 8.09. The van der Waals surface area contributed by atoms with Gasteiger partial charge in [0.1, 0.15) is 0 Å². The zero-order valence-electron chi connectivity index (χ0n) is 11.0. The first kappa shape index (κ1) is 14.6. The standard InChI is InChI=1S/C10H10N2.2C2H6/c1-2-8-7-11-12-10-6-4-3-5-9(8)10;2*1-2/h3-7H,2H2,1H3;2*1-2H3. The third-order valence-electron chi connectivity index (χ3n) is 2.01. The van der Waals surface area contributed by atoms with E-state index in [1.165, 1.54) is 10.9 Å². The molecular weight excluding hydrogens is 196 g/mol. The van der Waals surface area contributed by atoms with Crippen LogP contribution in [0.5, 0.6) is 0 Å². The van der Waals surface area contributed by atoms with E-state index in [-0.39, 0.29) is 0 Å². The van der Waals surface area contributed by atoms with E-state index in [1.807, 2.05) is 52.1 Å². The number of aromatic nitrogens is 2. The molecule has 0 saturated heterocycles. The lowest BCUT2D eigenvalue weighted by atomic mass is 10.1. The van der Waals surface area contributed by atoms with Gasteiger partial charge < -0.3 is 0 Å². The number of hydrogen-bond acceptors (Lipinski definition) is 2. The van der Waals surface area contributed by atoms with E-state index in [0.29, 0.717) is 0 Å². The Balaban J connectivity index is 0.000000509. The summed E-state index contributed by atoms with van der Waals surface area (Å²) in [5.74, 6) is 0. The first-order chi connectivity index (χ1) is 7.92.